The van der Waals surface area contributed by atoms with Gasteiger partial charge in [-0.2, -0.15) is 0 Å². The van der Waals surface area contributed by atoms with Gasteiger partial charge in [-0.1, -0.05) is 6.07 Å². The minimum atomic E-state index is 0.606. The van der Waals surface area contributed by atoms with Gasteiger partial charge in [0.1, 0.15) is 5.75 Å². The van der Waals surface area contributed by atoms with Crippen molar-refractivity contribution in [2.75, 3.05) is 18.2 Å². The Morgan fingerprint density at radius 2 is 2.16 bits per heavy atom. The number of fused-ring (bicyclic) bond motifs is 1. The zero-order valence-corrected chi connectivity index (χ0v) is 11.2. The number of thiazole rings is 1. The molecule has 1 heterocycles. The molecule has 19 heavy (non-hydrogen) atoms. The predicted octanol–water partition coefficient (Wildman–Crippen LogP) is 3.63. The molecule has 0 radical (unpaired) electrons. The lowest BCUT2D eigenvalue weighted by Crippen LogP contribution is -1.98. The van der Waals surface area contributed by atoms with E-state index in [1.165, 1.54) is 0 Å². The van der Waals surface area contributed by atoms with Crippen molar-refractivity contribution in [1.82, 2.24) is 4.98 Å². The summed E-state index contributed by atoms with van der Waals surface area (Å²) in [6.07, 6.45) is 0. The number of anilines is 3. The second-order valence-electron chi connectivity index (χ2n) is 4.08. The Morgan fingerprint density at radius 3 is 3.00 bits per heavy atom. The van der Waals surface area contributed by atoms with Gasteiger partial charge in [0.2, 0.25) is 0 Å². The van der Waals surface area contributed by atoms with Crippen LogP contribution < -0.4 is 15.8 Å². The third-order valence-corrected chi connectivity index (χ3v) is 3.69. The van der Waals surface area contributed by atoms with Crippen LogP contribution in [0.15, 0.2) is 41.9 Å². The summed E-state index contributed by atoms with van der Waals surface area (Å²) in [5.41, 5.74) is 11.3. The van der Waals surface area contributed by atoms with Crippen molar-refractivity contribution in [3.63, 3.8) is 0 Å². The number of nitrogen functional groups attached to an aromatic ring is 1. The molecule has 0 unspecified atom stereocenters. The molecule has 0 saturated heterocycles. The number of rotatable bonds is 3. The lowest BCUT2D eigenvalue weighted by atomic mass is 10.2. The Hall–Kier alpha value is -2.27. The maximum atomic E-state index is 6.04. The van der Waals surface area contributed by atoms with E-state index in [0.717, 1.165) is 21.6 Å². The third-order valence-electron chi connectivity index (χ3n) is 2.90. The van der Waals surface area contributed by atoms with Gasteiger partial charge in [0.05, 0.1) is 34.2 Å². The molecule has 0 spiro atoms. The molecule has 0 aliphatic carbocycles. The van der Waals surface area contributed by atoms with Crippen molar-refractivity contribution in [3.8, 4) is 5.75 Å². The minimum Gasteiger partial charge on any atom is -0.495 e. The molecule has 4 nitrogen and oxygen atoms in total. The summed E-state index contributed by atoms with van der Waals surface area (Å²) in [5, 5.41) is 3.30. The standard InChI is InChI=1S/C14H13N3OS/c1-18-12-4-2-3-11(14(12)15)17-9-5-6-10-13(7-9)19-8-16-10/h2-8,17H,15H2,1H3. The summed E-state index contributed by atoms with van der Waals surface area (Å²) in [4.78, 5) is 4.26. The molecule has 5 heteroatoms. The Morgan fingerprint density at radius 1 is 1.26 bits per heavy atom. The fraction of sp³-hybridized carbons (Fsp3) is 0.0714. The van der Waals surface area contributed by atoms with Gasteiger partial charge in [-0.25, -0.2) is 4.98 Å². The number of hydrogen-bond acceptors (Lipinski definition) is 5. The first-order valence-corrected chi connectivity index (χ1v) is 6.68. The highest BCUT2D eigenvalue weighted by atomic mass is 32.1. The van der Waals surface area contributed by atoms with Crippen LogP contribution in [0.25, 0.3) is 10.2 Å². The van der Waals surface area contributed by atoms with Crippen LogP contribution in [0.3, 0.4) is 0 Å². The Balaban J connectivity index is 1.96. The van der Waals surface area contributed by atoms with E-state index < -0.39 is 0 Å². The molecule has 0 amide bonds. The molecule has 0 aliphatic heterocycles. The summed E-state index contributed by atoms with van der Waals surface area (Å²) in [6, 6.07) is 11.7. The van der Waals surface area contributed by atoms with Crippen molar-refractivity contribution in [2.45, 2.75) is 0 Å². The molecular formula is C14H13N3OS. The molecular weight excluding hydrogens is 258 g/mol. The molecule has 0 fully saturated rings. The Bertz CT molecular complexity index is 724. The van der Waals surface area contributed by atoms with Crippen LogP contribution in [0, 0.1) is 0 Å². The maximum Gasteiger partial charge on any atom is 0.143 e. The van der Waals surface area contributed by atoms with Crippen LogP contribution in [0.2, 0.25) is 0 Å². The van der Waals surface area contributed by atoms with E-state index in [4.69, 9.17) is 10.5 Å². The van der Waals surface area contributed by atoms with E-state index in [0.29, 0.717) is 11.4 Å². The van der Waals surface area contributed by atoms with Crippen molar-refractivity contribution in [2.24, 2.45) is 0 Å². The lowest BCUT2D eigenvalue weighted by Gasteiger charge is -2.12. The summed E-state index contributed by atoms with van der Waals surface area (Å²) < 4.78 is 6.35. The number of nitrogens with zero attached hydrogens (tertiary/aromatic N) is 1. The zero-order chi connectivity index (χ0) is 13.2. The van der Waals surface area contributed by atoms with Crippen molar-refractivity contribution in [3.05, 3.63) is 41.9 Å². The molecule has 1 aromatic heterocycles. The molecule has 3 aromatic rings. The summed E-state index contributed by atoms with van der Waals surface area (Å²) >= 11 is 1.62. The van der Waals surface area contributed by atoms with Crippen molar-refractivity contribution >= 4 is 38.6 Å². The van der Waals surface area contributed by atoms with E-state index in [9.17, 15) is 0 Å². The average molecular weight is 271 g/mol. The monoisotopic (exact) mass is 271 g/mol. The van der Waals surface area contributed by atoms with Crippen molar-refractivity contribution < 1.29 is 4.74 Å². The minimum absolute atomic E-state index is 0.606. The van der Waals surface area contributed by atoms with Gasteiger partial charge in [0.25, 0.3) is 0 Å². The average Bonchev–Trinajstić information content (AvgIpc) is 2.88. The van der Waals surface area contributed by atoms with Crippen LogP contribution >= 0.6 is 11.3 Å². The molecule has 0 aliphatic rings. The number of aromatic nitrogens is 1. The van der Waals surface area contributed by atoms with E-state index in [-0.39, 0.29) is 0 Å². The topological polar surface area (TPSA) is 60.2 Å². The van der Waals surface area contributed by atoms with E-state index in [1.54, 1.807) is 18.4 Å². The highest BCUT2D eigenvalue weighted by Gasteiger charge is 2.06. The van der Waals surface area contributed by atoms with Crippen LogP contribution in [0.5, 0.6) is 5.75 Å². The molecule has 3 rings (SSSR count). The fourth-order valence-corrected chi connectivity index (χ4v) is 2.64. The van der Waals surface area contributed by atoms with E-state index in [1.807, 2.05) is 35.8 Å². The second-order valence-corrected chi connectivity index (χ2v) is 4.97. The van der Waals surface area contributed by atoms with Crippen LogP contribution in [-0.2, 0) is 0 Å². The number of para-hydroxylation sites is 1. The number of nitrogens with two attached hydrogens (primary N) is 1. The van der Waals surface area contributed by atoms with Crippen molar-refractivity contribution in [1.29, 1.82) is 0 Å². The number of nitrogens with one attached hydrogen (secondary N) is 1. The zero-order valence-electron chi connectivity index (χ0n) is 10.4. The first-order valence-electron chi connectivity index (χ1n) is 5.80. The Labute approximate surface area is 114 Å². The molecule has 0 bridgehead atoms. The quantitative estimate of drug-likeness (QED) is 0.714. The number of hydrogen-bond donors (Lipinski definition) is 2. The third kappa shape index (κ3) is 2.20. The molecule has 0 atom stereocenters. The van der Waals surface area contributed by atoms with E-state index >= 15 is 0 Å². The number of ether oxygens (including phenoxy) is 1. The van der Waals surface area contributed by atoms with Gasteiger partial charge in [-0.05, 0) is 30.3 Å². The van der Waals surface area contributed by atoms with Gasteiger partial charge in [0, 0.05) is 5.69 Å². The SMILES string of the molecule is COc1cccc(Nc2ccc3ncsc3c2)c1N. The molecule has 3 N–H and O–H groups in total. The smallest absolute Gasteiger partial charge is 0.143 e. The van der Waals surface area contributed by atoms with Crippen LogP contribution in [-0.4, -0.2) is 12.1 Å². The molecule has 96 valence electrons. The van der Waals surface area contributed by atoms with E-state index in [2.05, 4.69) is 16.4 Å². The first kappa shape index (κ1) is 11.8. The molecule has 0 saturated carbocycles. The summed E-state index contributed by atoms with van der Waals surface area (Å²) in [6.45, 7) is 0. The largest absolute Gasteiger partial charge is 0.495 e. The molecule has 2 aromatic carbocycles. The highest BCUT2D eigenvalue weighted by Crippen LogP contribution is 2.32. The fourth-order valence-electron chi connectivity index (χ4n) is 1.92. The number of benzene rings is 2. The number of methoxy groups -OCH3 is 1. The van der Waals surface area contributed by atoms with Gasteiger partial charge in [-0.15, -0.1) is 11.3 Å². The van der Waals surface area contributed by atoms with Gasteiger partial charge >= 0.3 is 0 Å². The maximum absolute atomic E-state index is 6.04. The highest BCUT2D eigenvalue weighted by molar-refractivity contribution is 7.16. The van der Waals surface area contributed by atoms with Gasteiger partial charge < -0.3 is 15.8 Å². The summed E-state index contributed by atoms with van der Waals surface area (Å²) in [7, 11) is 1.61. The van der Waals surface area contributed by atoms with Crippen LogP contribution in [0.4, 0.5) is 17.1 Å². The lowest BCUT2D eigenvalue weighted by molar-refractivity contribution is 0.417. The van der Waals surface area contributed by atoms with Gasteiger partial charge in [0.15, 0.2) is 0 Å². The van der Waals surface area contributed by atoms with Crippen LogP contribution in [0.1, 0.15) is 0 Å². The summed E-state index contributed by atoms with van der Waals surface area (Å²) in [5.74, 6) is 0.670. The first-order chi connectivity index (χ1) is 9.28. The second kappa shape index (κ2) is 4.78. The Kier molecular flexibility index (Phi) is 2.97. The predicted molar refractivity (Wildman–Crippen MR) is 80.3 cm³/mol. The normalized spacial score (nSPS) is 10.6. The van der Waals surface area contributed by atoms with Gasteiger partial charge in [-0.3, -0.25) is 0 Å².